The van der Waals surface area contributed by atoms with Crippen LogP contribution in [0.3, 0.4) is 0 Å². The molecule has 1 atom stereocenters. The highest BCUT2D eigenvalue weighted by Crippen LogP contribution is 2.32. The molecule has 1 N–H and O–H groups in total. The molecule has 0 bridgehead atoms. The third kappa shape index (κ3) is 5.87. The summed E-state index contributed by atoms with van der Waals surface area (Å²) in [5.41, 5.74) is 0.554. The van der Waals surface area contributed by atoms with Gasteiger partial charge in [0.05, 0.1) is 0 Å². The van der Waals surface area contributed by atoms with Gasteiger partial charge in [-0.05, 0) is 45.8 Å². The molecular weight excluding hydrogens is 208 g/mol. The number of hydrogen-bond donors (Lipinski definition) is 1. The summed E-state index contributed by atoms with van der Waals surface area (Å²) in [6.45, 7) is 15.8. The van der Waals surface area contributed by atoms with Crippen LogP contribution >= 0.6 is 0 Å². The van der Waals surface area contributed by atoms with Crippen LogP contribution in [0.15, 0.2) is 0 Å². The fraction of sp³-hybridized carbons (Fsp3) is 1.00. The Bertz CT molecular complexity index is 140. The van der Waals surface area contributed by atoms with E-state index in [-0.39, 0.29) is 0 Å². The van der Waals surface area contributed by atoms with Gasteiger partial charge in [-0.3, -0.25) is 4.90 Å². The monoisotopic (exact) mass is 244 g/mol. The first kappa shape index (κ1) is 19.3. The van der Waals surface area contributed by atoms with Crippen molar-refractivity contribution in [1.82, 2.24) is 10.2 Å². The van der Waals surface area contributed by atoms with Crippen molar-refractivity contribution >= 4 is 0 Å². The van der Waals surface area contributed by atoms with Gasteiger partial charge >= 0.3 is 0 Å². The number of likely N-dealkylation sites (tertiary alicyclic amines) is 1. The Morgan fingerprint density at radius 2 is 1.41 bits per heavy atom. The van der Waals surface area contributed by atoms with E-state index in [1.54, 1.807) is 0 Å². The highest BCUT2D eigenvalue weighted by Gasteiger charge is 2.38. The summed E-state index contributed by atoms with van der Waals surface area (Å²) < 4.78 is 0. The molecule has 1 spiro atoms. The summed E-state index contributed by atoms with van der Waals surface area (Å²) in [6.07, 6.45) is 5.59. The Morgan fingerprint density at radius 1 is 0.882 bits per heavy atom. The third-order valence-corrected chi connectivity index (χ3v) is 3.40. The first-order chi connectivity index (χ1) is 8.33. The van der Waals surface area contributed by atoms with Crippen LogP contribution < -0.4 is 5.32 Å². The largest absolute Gasteiger partial charge is 0.315 e. The standard InChI is InChI=1S/C9H18N2.3C2H6/c1-11-7-3-5-9(11)4-2-6-10-8-9;3*1-2/h10H,2-8H2,1H3;3*1-2H3. The maximum absolute atomic E-state index is 3.51. The van der Waals surface area contributed by atoms with Gasteiger partial charge in [-0.1, -0.05) is 41.5 Å². The van der Waals surface area contributed by atoms with Crippen LogP contribution in [-0.2, 0) is 0 Å². The molecule has 0 saturated carbocycles. The first-order valence-electron chi connectivity index (χ1n) is 7.75. The quantitative estimate of drug-likeness (QED) is 0.695. The zero-order valence-corrected chi connectivity index (χ0v) is 13.4. The van der Waals surface area contributed by atoms with E-state index in [0.29, 0.717) is 5.54 Å². The second-order valence-corrected chi connectivity index (χ2v) is 4.03. The SMILES string of the molecule is CC.CC.CC.CN1CCCC12CCCNC2. The normalized spacial score (nSPS) is 27.0. The molecule has 2 rings (SSSR count). The lowest BCUT2D eigenvalue weighted by Gasteiger charge is -2.39. The van der Waals surface area contributed by atoms with Crippen molar-refractivity contribution in [2.24, 2.45) is 0 Å². The number of hydrogen-bond acceptors (Lipinski definition) is 2. The Balaban J connectivity index is 0. The summed E-state index contributed by atoms with van der Waals surface area (Å²) in [5, 5.41) is 3.51. The van der Waals surface area contributed by atoms with Crippen LogP contribution in [0.1, 0.15) is 67.2 Å². The molecule has 1 unspecified atom stereocenters. The van der Waals surface area contributed by atoms with Crippen molar-refractivity contribution < 1.29 is 0 Å². The fourth-order valence-corrected chi connectivity index (χ4v) is 2.56. The predicted molar refractivity (Wildman–Crippen MR) is 80.7 cm³/mol. The smallest absolute Gasteiger partial charge is 0.0331 e. The molecule has 2 saturated heterocycles. The molecule has 2 heterocycles. The van der Waals surface area contributed by atoms with E-state index in [2.05, 4.69) is 17.3 Å². The number of rotatable bonds is 0. The average Bonchev–Trinajstić information content (AvgIpc) is 2.79. The Kier molecular flexibility index (Phi) is 14.0. The van der Waals surface area contributed by atoms with Crippen molar-refractivity contribution in [3.05, 3.63) is 0 Å². The molecule has 17 heavy (non-hydrogen) atoms. The van der Waals surface area contributed by atoms with E-state index in [1.807, 2.05) is 41.5 Å². The van der Waals surface area contributed by atoms with Gasteiger partial charge < -0.3 is 5.32 Å². The van der Waals surface area contributed by atoms with Gasteiger partial charge in [-0.15, -0.1) is 0 Å². The summed E-state index contributed by atoms with van der Waals surface area (Å²) in [7, 11) is 2.28. The summed E-state index contributed by atoms with van der Waals surface area (Å²) >= 11 is 0. The minimum absolute atomic E-state index is 0.554. The predicted octanol–water partition coefficient (Wildman–Crippen LogP) is 3.91. The van der Waals surface area contributed by atoms with Gasteiger partial charge in [-0.2, -0.15) is 0 Å². The maximum Gasteiger partial charge on any atom is 0.0331 e. The van der Waals surface area contributed by atoms with Gasteiger partial charge in [0.2, 0.25) is 0 Å². The second-order valence-electron chi connectivity index (χ2n) is 4.03. The van der Waals surface area contributed by atoms with Crippen molar-refractivity contribution in [3.63, 3.8) is 0 Å². The van der Waals surface area contributed by atoms with Crippen molar-refractivity contribution in [2.75, 3.05) is 26.7 Å². The topological polar surface area (TPSA) is 15.3 Å². The van der Waals surface area contributed by atoms with Crippen LogP contribution in [0.2, 0.25) is 0 Å². The molecule has 2 heteroatoms. The van der Waals surface area contributed by atoms with E-state index >= 15 is 0 Å². The van der Waals surface area contributed by atoms with Gasteiger partial charge in [0.1, 0.15) is 0 Å². The van der Waals surface area contributed by atoms with Crippen molar-refractivity contribution in [2.45, 2.75) is 72.8 Å². The molecule has 0 aromatic carbocycles. The molecule has 0 radical (unpaired) electrons. The molecule has 2 fully saturated rings. The van der Waals surface area contributed by atoms with Crippen LogP contribution in [-0.4, -0.2) is 37.1 Å². The molecule has 106 valence electrons. The highest BCUT2D eigenvalue weighted by atomic mass is 15.2. The second kappa shape index (κ2) is 12.4. The van der Waals surface area contributed by atoms with Crippen LogP contribution in [0.4, 0.5) is 0 Å². The van der Waals surface area contributed by atoms with Gasteiger partial charge in [0.15, 0.2) is 0 Å². The fourth-order valence-electron chi connectivity index (χ4n) is 2.56. The summed E-state index contributed by atoms with van der Waals surface area (Å²) in [5.74, 6) is 0. The van der Waals surface area contributed by atoms with E-state index in [9.17, 15) is 0 Å². The van der Waals surface area contributed by atoms with Crippen molar-refractivity contribution in [1.29, 1.82) is 0 Å². The maximum atomic E-state index is 3.51. The zero-order chi connectivity index (χ0) is 13.7. The molecule has 0 aromatic rings. The molecule has 2 aliphatic rings. The van der Waals surface area contributed by atoms with E-state index in [0.717, 1.165) is 0 Å². The number of likely N-dealkylation sites (N-methyl/N-ethyl adjacent to an activating group) is 1. The molecule has 0 amide bonds. The van der Waals surface area contributed by atoms with Gasteiger partial charge in [0.25, 0.3) is 0 Å². The van der Waals surface area contributed by atoms with E-state index in [1.165, 1.54) is 45.3 Å². The van der Waals surface area contributed by atoms with E-state index < -0.39 is 0 Å². The first-order valence-corrected chi connectivity index (χ1v) is 7.75. The third-order valence-electron chi connectivity index (χ3n) is 3.40. The van der Waals surface area contributed by atoms with Crippen LogP contribution in [0.25, 0.3) is 0 Å². The zero-order valence-electron chi connectivity index (χ0n) is 13.4. The van der Waals surface area contributed by atoms with Crippen LogP contribution in [0.5, 0.6) is 0 Å². The lowest BCUT2D eigenvalue weighted by Crippen LogP contribution is -2.52. The summed E-state index contributed by atoms with van der Waals surface area (Å²) in [6, 6.07) is 0. The molecule has 0 aromatic heterocycles. The van der Waals surface area contributed by atoms with Gasteiger partial charge in [0, 0.05) is 12.1 Å². The Morgan fingerprint density at radius 3 is 1.76 bits per heavy atom. The number of piperidine rings is 1. The number of nitrogens with zero attached hydrogens (tertiary/aromatic N) is 1. The molecule has 2 aliphatic heterocycles. The Labute approximate surface area is 110 Å². The highest BCUT2D eigenvalue weighted by molar-refractivity contribution is 4.97. The molecular formula is C15H36N2. The minimum atomic E-state index is 0.554. The van der Waals surface area contributed by atoms with Crippen LogP contribution in [0, 0.1) is 0 Å². The number of nitrogens with one attached hydrogen (secondary N) is 1. The summed E-state index contributed by atoms with van der Waals surface area (Å²) in [4.78, 5) is 2.55. The lowest BCUT2D eigenvalue weighted by molar-refractivity contribution is 0.134. The minimum Gasteiger partial charge on any atom is -0.315 e. The lowest BCUT2D eigenvalue weighted by atomic mass is 9.88. The Hall–Kier alpha value is -0.0800. The van der Waals surface area contributed by atoms with Crippen molar-refractivity contribution in [3.8, 4) is 0 Å². The molecule has 2 nitrogen and oxygen atoms in total. The van der Waals surface area contributed by atoms with Gasteiger partial charge in [-0.25, -0.2) is 0 Å². The average molecular weight is 244 g/mol. The van der Waals surface area contributed by atoms with E-state index in [4.69, 9.17) is 0 Å². The molecule has 0 aliphatic carbocycles.